The predicted octanol–water partition coefficient (Wildman–Crippen LogP) is 4.39. The zero-order valence-corrected chi connectivity index (χ0v) is 14.6. The molecule has 118 valence electrons. The van der Waals surface area contributed by atoms with E-state index in [1.165, 1.54) is 30.2 Å². The van der Waals surface area contributed by atoms with Crippen molar-refractivity contribution in [3.05, 3.63) is 28.1 Å². The summed E-state index contributed by atoms with van der Waals surface area (Å²) in [5.41, 5.74) is 0.527. The maximum Gasteiger partial charge on any atom is 0.339 e. The van der Waals surface area contributed by atoms with Gasteiger partial charge in [0.15, 0.2) is 0 Å². The normalized spacial score (nSPS) is 10.7. The van der Waals surface area contributed by atoms with Crippen LogP contribution in [0.1, 0.15) is 23.7 Å². The topological polar surface area (TPSA) is 52.6 Å². The van der Waals surface area contributed by atoms with Crippen molar-refractivity contribution in [2.45, 2.75) is 18.2 Å². The highest BCUT2D eigenvalue weighted by molar-refractivity contribution is 7.99. The summed E-state index contributed by atoms with van der Waals surface area (Å²) >= 11 is 9.20. The molecule has 0 N–H and O–H groups in total. The van der Waals surface area contributed by atoms with Gasteiger partial charge in [0.05, 0.1) is 35.4 Å². The Kier molecular flexibility index (Phi) is 6.11. The average Bonchev–Trinajstić information content (AvgIpc) is 2.91. The van der Waals surface area contributed by atoms with E-state index in [0.29, 0.717) is 29.4 Å². The monoisotopic (exact) mass is 358 g/mol. The number of halogens is 1. The number of hydrogen-bond acceptors (Lipinski definition) is 6. The fraction of sp³-hybridized carbons (Fsp3) is 0.333. The first-order chi connectivity index (χ1) is 10.6. The minimum Gasteiger partial charge on any atom is -0.469 e. The third-order valence-electron chi connectivity index (χ3n) is 2.90. The van der Waals surface area contributed by atoms with Gasteiger partial charge in [-0.1, -0.05) is 11.6 Å². The minimum atomic E-state index is -0.346. The van der Waals surface area contributed by atoms with Crippen molar-refractivity contribution in [3.8, 4) is 0 Å². The van der Waals surface area contributed by atoms with Crippen LogP contribution in [0.4, 0.5) is 0 Å². The maximum atomic E-state index is 12.0. The van der Waals surface area contributed by atoms with E-state index in [2.05, 4.69) is 4.74 Å². The molecule has 0 amide bonds. The zero-order chi connectivity index (χ0) is 16.1. The molecule has 0 unspecified atom stereocenters. The quantitative estimate of drug-likeness (QED) is 0.566. The molecule has 0 saturated heterocycles. The van der Waals surface area contributed by atoms with Crippen LogP contribution in [0.3, 0.4) is 0 Å². The Labute approximate surface area is 141 Å². The van der Waals surface area contributed by atoms with Crippen molar-refractivity contribution in [1.29, 1.82) is 0 Å². The largest absolute Gasteiger partial charge is 0.469 e. The fourth-order valence-electron chi connectivity index (χ4n) is 1.87. The number of esters is 2. The summed E-state index contributed by atoms with van der Waals surface area (Å²) in [6, 6.07) is 3.75. The fourth-order valence-corrected chi connectivity index (χ4v) is 4.12. The molecule has 1 heterocycles. The number of methoxy groups -OCH3 is 1. The summed E-state index contributed by atoms with van der Waals surface area (Å²) in [6.07, 6.45) is 0.325. The highest BCUT2D eigenvalue weighted by Gasteiger charge is 2.16. The number of fused-ring (bicyclic) bond motifs is 1. The van der Waals surface area contributed by atoms with E-state index in [-0.39, 0.29) is 11.9 Å². The molecule has 2 aromatic rings. The van der Waals surface area contributed by atoms with Crippen molar-refractivity contribution in [3.63, 3.8) is 0 Å². The summed E-state index contributed by atoms with van der Waals surface area (Å²) in [6.45, 7) is 2.10. The molecule has 0 aliphatic carbocycles. The number of ether oxygens (including phenoxy) is 2. The van der Waals surface area contributed by atoms with Crippen molar-refractivity contribution in [2.75, 3.05) is 19.5 Å². The van der Waals surface area contributed by atoms with E-state index in [9.17, 15) is 9.59 Å². The summed E-state index contributed by atoms with van der Waals surface area (Å²) in [4.78, 5) is 24.0. The lowest BCUT2D eigenvalue weighted by atomic mass is 10.2. The smallest absolute Gasteiger partial charge is 0.339 e. The molecule has 22 heavy (non-hydrogen) atoms. The second-order valence-corrected chi connectivity index (χ2v) is 6.78. The van der Waals surface area contributed by atoms with Crippen molar-refractivity contribution in [2.24, 2.45) is 0 Å². The average molecular weight is 359 g/mol. The van der Waals surface area contributed by atoms with Gasteiger partial charge in [0.2, 0.25) is 0 Å². The highest BCUT2D eigenvalue weighted by atomic mass is 35.5. The first-order valence-corrected chi connectivity index (χ1v) is 8.88. The van der Waals surface area contributed by atoms with Gasteiger partial charge >= 0.3 is 11.9 Å². The van der Waals surface area contributed by atoms with Gasteiger partial charge in [-0.05, 0) is 19.1 Å². The lowest BCUT2D eigenvalue weighted by molar-refractivity contribution is -0.140. The van der Waals surface area contributed by atoms with E-state index in [0.717, 1.165) is 15.0 Å². The number of hydrogen-bond donors (Lipinski definition) is 0. The molecule has 0 saturated carbocycles. The molecule has 2 rings (SSSR count). The van der Waals surface area contributed by atoms with E-state index in [1.807, 2.05) is 12.1 Å². The van der Waals surface area contributed by atoms with Crippen LogP contribution in [0.25, 0.3) is 10.1 Å². The van der Waals surface area contributed by atoms with Crippen LogP contribution in [0.5, 0.6) is 0 Å². The van der Waals surface area contributed by atoms with Gasteiger partial charge in [-0.2, -0.15) is 0 Å². The van der Waals surface area contributed by atoms with Gasteiger partial charge in [-0.3, -0.25) is 4.79 Å². The zero-order valence-electron chi connectivity index (χ0n) is 12.2. The lowest BCUT2D eigenvalue weighted by Gasteiger charge is -2.05. The molecule has 4 nitrogen and oxygen atoms in total. The molecule has 0 radical (unpaired) electrons. The number of carbonyl (C=O) groups is 2. The molecule has 0 spiro atoms. The molecule has 0 bridgehead atoms. The summed E-state index contributed by atoms with van der Waals surface area (Å²) < 4.78 is 10.5. The summed E-state index contributed by atoms with van der Waals surface area (Å²) in [5, 5.41) is 3.15. The third kappa shape index (κ3) is 3.94. The van der Waals surface area contributed by atoms with Crippen LogP contribution in [-0.4, -0.2) is 31.4 Å². The van der Waals surface area contributed by atoms with Crippen LogP contribution in [0, 0.1) is 0 Å². The van der Waals surface area contributed by atoms with E-state index in [4.69, 9.17) is 16.3 Å². The van der Waals surface area contributed by atoms with Crippen LogP contribution < -0.4 is 0 Å². The van der Waals surface area contributed by atoms with E-state index in [1.54, 1.807) is 12.3 Å². The Morgan fingerprint density at radius 3 is 2.82 bits per heavy atom. The molecule has 0 fully saturated rings. The molecule has 0 aliphatic heterocycles. The molecule has 1 aromatic heterocycles. The highest BCUT2D eigenvalue weighted by Crippen LogP contribution is 2.36. The Balaban J connectivity index is 2.24. The van der Waals surface area contributed by atoms with Gasteiger partial charge in [-0.25, -0.2) is 4.79 Å². The number of benzene rings is 1. The minimum absolute atomic E-state index is 0.248. The SMILES string of the molecule is CCOC(=O)c1csc2c(Cl)cc(SCCC(=O)OC)cc12. The predicted molar refractivity (Wildman–Crippen MR) is 90.1 cm³/mol. The molecule has 0 aliphatic rings. The molecular formula is C15H15ClO4S2. The second kappa shape index (κ2) is 7.85. The van der Waals surface area contributed by atoms with Crippen molar-refractivity contribution >= 4 is 56.7 Å². The Morgan fingerprint density at radius 2 is 2.14 bits per heavy atom. The van der Waals surface area contributed by atoms with Crippen LogP contribution >= 0.6 is 34.7 Å². The Hall–Kier alpha value is -1.24. The summed E-state index contributed by atoms with van der Waals surface area (Å²) in [5.74, 6) is -0.00291. The Morgan fingerprint density at radius 1 is 1.36 bits per heavy atom. The molecule has 7 heteroatoms. The van der Waals surface area contributed by atoms with Crippen molar-refractivity contribution in [1.82, 2.24) is 0 Å². The number of thioether (sulfide) groups is 1. The van der Waals surface area contributed by atoms with E-state index < -0.39 is 0 Å². The third-order valence-corrected chi connectivity index (χ3v) is 5.32. The number of rotatable bonds is 6. The van der Waals surface area contributed by atoms with Gasteiger partial charge in [0, 0.05) is 21.4 Å². The second-order valence-electron chi connectivity index (χ2n) is 4.33. The van der Waals surface area contributed by atoms with Gasteiger partial charge in [0.1, 0.15) is 0 Å². The van der Waals surface area contributed by atoms with E-state index >= 15 is 0 Å². The molecule has 1 aromatic carbocycles. The number of carbonyl (C=O) groups excluding carboxylic acids is 2. The van der Waals surface area contributed by atoms with Crippen molar-refractivity contribution < 1.29 is 19.1 Å². The molecule has 0 atom stereocenters. The van der Waals surface area contributed by atoms with Gasteiger partial charge in [0.25, 0.3) is 0 Å². The summed E-state index contributed by atoms with van der Waals surface area (Å²) in [7, 11) is 1.37. The number of thiophene rings is 1. The standard InChI is InChI=1S/C15H15ClO4S2/c1-3-20-15(18)11-8-22-14-10(11)6-9(7-12(14)16)21-5-4-13(17)19-2/h6-8H,3-5H2,1-2H3. The Bertz CT molecular complexity index is 696. The van der Waals surface area contributed by atoms with Gasteiger partial charge < -0.3 is 9.47 Å². The van der Waals surface area contributed by atoms with Gasteiger partial charge in [-0.15, -0.1) is 23.1 Å². The van der Waals surface area contributed by atoms with Crippen LogP contribution in [0.15, 0.2) is 22.4 Å². The molecular weight excluding hydrogens is 344 g/mol. The first kappa shape index (κ1) is 17.1. The maximum absolute atomic E-state index is 12.0. The van der Waals surface area contributed by atoms with Crippen LogP contribution in [-0.2, 0) is 14.3 Å². The lowest BCUT2D eigenvalue weighted by Crippen LogP contribution is -2.03. The van der Waals surface area contributed by atoms with Crippen LogP contribution in [0.2, 0.25) is 5.02 Å². The first-order valence-electron chi connectivity index (χ1n) is 6.64.